The Morgan fingerprint density at radius 2 is 1.84 bits per heavy atom. The monoisotopic (exact) mass is 520 g/mol. The number of anilines is 1. The Kier molecular flexibility index (Phi) is 8.48. The number of aromatic nitrogens is 4. The number of benzene rings is 1. The number of ether oxygens (including phenoxy) is 1. The van der Waals surface area contributed by atoms with Crippen LogP contribution in [0.15, 0.2) is 21.7 Å². The van der Waals surface area contributed by atoms with Crippen LogP contribution < -0.4 is 21.9 Å². The minimum Gasteiger partial charge on any atom is -0.444 e. The van der Waals surface area contributed by atoms with Crippen molar-refractivity contribution in [3.63, 3.8) is 0 Å². The molecule has 0 bridgehead atoms. The van der Waals surface area contributed by atoms with Gasteiger partial charge in [0.25, 0.3) is 5.56 Å². The molecule has 7 N–H and O–H groups in total. The van der Waals surface area contributed by atoms with Crippen LogP contribution >= 0.6 is 0 Å². The molecule has 2 aliphatic rings. The molecule has 3 unspecified atom stereocenters. The maximum absolute atomic E-state index is 12.4. The molecular formula is C23H32N6O8. The maximum atomic E-state index is 12.4. The van der Waals surface area contributed by atoms with Crippen molar-refractivity contribution >= 4 is 22.8 Å². The van der Waals surface area contributed by atoms with Crippen molar-refractivity contribution in [1.82, 2.24) is 24.8 Å². The lowest BCUT2D eigenvalue weighted by molar-refractivity contribution is -0.0802. The molecule has 14 nitrogen and oxygen atoms in total. The molecule has 3 rings (SSSR count). The van der Waals surface area contributed by atoms with E-state index in [0.29, 0.717) is 23.3 Å². The third-order valence-electron chi connectivity index (χ3n) is 5.41. The summed E-state index contributed by atoms with van der Waals surface area (Å²) in [4.78, 5) is 46.5. The van der Waals surface area contributed by atoms with E-state index in [-0.39, 0.29) is 24.6 Å². The minimum absolute atomic E-state index is 0.132. The molecule has 2 aliphatic heterocycles. The number of amides is 1. The number of nitrogens with one attached hydrogen (secondary N) is 3. The van der Waals surface area contributed by atoms with Gasteiger partial charge in [-0.15, -0.1) is 0 Å². The van der Waals surface area contributed by atoms with Crippen molar-refractivity contribution < 1.29 is 30.0 Å². The predicted molar refractivity (Wildman–Crippen MR) is 134 cm³/mol. The molecule has 0 radical (unpaired) electrons. The van der Waals surface area contributed by atoms with Crippen LogP contribution in [0.1, 0.15) is 26.3 Å². The van der Waals surface area contributed by atoms with Gasteiger partial charge in [0, 0.05) is 18.8 Å². The lowest BCUT2D eigenvalue weighted by atomic mass is 10.1. The number of carbonyl (C=O) groups is 1. The van der Waals surface area contributed by atoms with Crippen LogP contribution in [0.25, 0.3) is 22.6 Å². The number of H-pyrrole nitrogens is 1. The van der Waals surface area contributed by atoms with Gasteiger partial charge in [0.1, 0.15) is 23.9 Å². The molecule has 1 aromatic rings. The highest BCUT2D eigenvalue weighted by Crippen LogP contribution is 2.27. The molecule has 0 spiro atoms. The second-order valence-electron chi connectivity index (χ2n) is 9.58. The van der Waals surface area contributed by atoms with E-state index in [1.54, 1.807) is 39.8 Å². The van der Waals surface area contributed by atoms with Crippen LogP contribution in [0.5, 0.6) is 0 Å². The van der Waals surface area contributed by atoms with E-state index in [1.165, 1.54) is 4.57 Å². The molecule has 0 fully saturated rings. The quantitative estimate of drug-likeness (QED) is 0.133. The van der Waals surface area contributed by atoms with Crippen molar-refractivity contribution in [2.24, 2.45) is 0 Å². The highest BCUT2D eigenvalue weighted by atomic mass is 16.6. The standard InChI is InChI=1S/C23H32N6O8/c1-11-7-13-14(8-12(11)24-5-6-25-22(36)37-23(2,3)4)29(9-15(31)18(33)16(32)10-30)19-17(26-13)20(34)28-21(35)27-19/h7-8,15-16,18,24,30-33H,5-6,9-10H2,1-4H3,(H,25,36)(H,28,34,35). The van der Waals surface area contributed by atoms with Crippen LogP contribution in [0.3, 0.4) is 0 Å². The summed E-state index contributed by atoms with van der Waals surface area (Å²) >= 11 is 0. The number of alkyl carbamates (subject to hydrolysis) is 1. The lowest BCUT2D eigenvalue weighted by Crippen LogP contribution is -2.42. The summed E-state index contributed by atoms with van der Waals surface area (Å²) in [6, 6.07) is 3.35. The zero-order valence-corrected chi connectivity index (χ0v) is 21.0. The van der Waals surface area contributed by atoms with E-state index in [4.69, 9.17) is 9.84 Å². The number of nitrogens with zero attached hydrogens (tertiary/aromatic N) is 3. The number of aromatic amines is 1. The number of carbonyl (C=O) groups excluding carboxylic acids is 1. The van der Waals surface area contributed by atoms with E-state index in [2.05, 4.69) is 25.6 Å². The Morgan fingerprint density at radius 1 is 1.14 bits per heavy atom. The fourth-order valence-electron chi connectivity index (χ4n) is 3.66. The molecule has 0 aliphatic carbocycles. The highest BCUT2D eigenvalue weighted by molar-refractivity contribution is 5.84. The third kappa shape index (κ3) is 6.80. The van der Waals surface area contributed by atoms with Gasteiger partial charge < -0.3 is 40.4 Å². The summed E-state index contributed by atoms with van der Waals surface area (Å²) in [7, 11) is 0. The molecule has 1 amide bonds. The molecule has 37 heavy (non-hydrogen) atoms. The summed E-state index contributed by atoms with van der Waals surface area (Å²) in [6.07, 6.45) is -5.47. The molecule has 0 saturated carbocycles. The van der Waals surface area contributed by atoms with Gasteiger partial charge in [0.15, 0.2) is 11.5 Å². The van der Waals surface area contributed by atoms with Crippen LogP contribution in [0.2, 0.25) is 0 Å². The predicted octanol–water partition coefficient (Wildman–Crippen LogP) is -1.10. The van der Waals surface area contributed by atoms with E-state index >= 15 is 0 Å². The first-order valence-electron chi connectivity index (χ1n) is 11.6. The zero-order valence-electron chi connectivity index (χ0n) is 21.0. The average Bonchev–Trinajstić information content (AvgIpc) is 2.80. The average molecular weight is 521 g/mol. The molecule has 3 atom stereocenters. The van der Waals surface area contributed by atoms with Crippen LogP contribution in [0, 0.1) is 6.92 Å². The minimum atomic E-state index is -1.72. The van der Waals surface area contributed by atoms with E-state index < -0.39 is 47.9 Å². The Morgan fingerprint density at radius 3 is 2.49 bits per heavy atom. The van der Waals surface area contributed by atoms with Crippen LogP contribution in [-0.2, 0) is 11.3 Å². The number of rotatable bonds is 9. The van der Waals surface area contributed by atoms with Crippen molar-refractivity contribution in [3.8, 4) is 11.5 Å². The van der Waals surface area contributed by atoms with Crippen molar-refractivity contribution in [3.05, 3.63) is 38.5 Å². The van der Waals surface area contributed by atoms with E-state index in [0.717, 1.165) is 5.56 Å². The summed E-state index contributed by atoms with van der Waals surface area (Å²) in [5.41, 5.74) is -0.379. The molecule has 202 valence electrons. The van der Waals surface area contributed by atoms with Gasteiger partial charge in [-0.2, -0.15) is 4.98 Å². The SMILES string of the molecule is Cc1cc2nc3c(=O)[nH]c(=O)nc-3n(CC(O)C(O)C(O)CO)c2cc1NCCNC(=O)OC(C)(C)C. The number of aliphatic hydroxyl groups is 4. The first-order valence-corrected chi connectivity index (χ1v) is 11.6. The second-order valence-corrected chi connectivity index (χ2v) is 9.58. The summed E-state index contributed by atoms with van der Waals surface area (Å²) in [5.74, 6) is -0.132. The van der Waals surface area contributed by atoms with Crippen LogP contribution in [0.4, 0.5) is 10.5 Å². The maximum Gasteiger partial charge on any atom is 0.407 e. The number of aliphatic hydroxyl groups excluding tert-OH is 4. The van der Waals surface area contributed by atoms with E-state index in [9.17, 15) is 29.7 Å². The number of aryl methyl sites for hydroxylation is 1. The summed E-state index contributed by atoms with van der Waals surface area (Å²) in [6.45, 7) is 6.50. The van der Waals surface area contributed by atoms with Gasteiger partial charge in [-0.05, 0) is 45.4 Å². The van der Waals surface area contributed by atoms with E-state index in [1.807, 2.05) is 0 Å². The second kappa shape index (κ2) is 11.2. The number of fused-ring (bicyclic) bond motifs is 2. The van der Waals surface area contributed by atoms with Gasteiger partial charge in [-0.3, -0.25) is 9.78 Å². The Balaban J connectivity index is 1.98. The van der Waals surface area contributed by atoms with Crippen molar-refractivity contribution in [2.75, 3.05) is 25.0 Å². The Hall–Kier alpha value is -3.59. The topological polar surface area (TPSA) is 212 Å². The first kappa shape index (κ1) is 28.0. The molecule has 0 aromatic heterocycles. The van der Waals surface area contributed by atoms with Gasteiger partial charge in [0.05, 0.1) is 24.2 Å². The molecule has 1 aromatic carbocycles. The normalized spacial score (nSPS) is 14.4. The smallest absolute Gasteiger partial charge is 0.407 e. The number of hydrogen-bond donors (Lipinski definition) is 7. The van der Waals surface area contributed by atoms with Gasteiger partial charge in [-0.1, -0.05) is 0 Å². The molecule has 0 saturated heterocycles. The zero-order chi connectivity index (χ0) is 27.5. The number of hydrogen-bond acceptors (Lipinski definition) is 11. The third-order valence-corrected chi connectivity index (χ3v) is 5.41. The largest absolute Gasteiger partial charge is 0.444 e. The fraction of sp³-hybridized carbons (Fsp3) is 0.522. The molecule has 14 heteroatoms. The summed E-state index contributed by atoms with van der Waals surface area (Å²) < 4.78 is 6.54. The van der Waals surface area contributed by atoms with Gasteiger partial charge in [0.2, 0.25) is 0 Å². The Bertz CT molecular complexity index is 1350. The van der Waals surface area contributed by atoms with Crippen LogP contribution in [-0.4, -0.2) is 89.6 Å². The molecule has 2 heterocycles. The van der Waals surface area contributed by atoms with Gasteiger partial charge in [-0.25, -0.2) is 14.6 Å². The van der Waals surface area contributed by atoms with Crippen molar-refractivity contribution in [2.45, 2.75) is 58.2 Å². The molecular weight excluding hydrogens is 488 g/mol. The highest BCUT2D eigenvalue weighted by Gasteiger charge is 2.27. The van der Waals surface area contributed by atoms with Crippen molar-refractivity contribution in [1.29, 1.82) is 0 Å². The first-order chi connectivity index (χ1) is 17.3. The lowest BCUT2D eigenvalue weighted by Gasteiger charge is -2.25. The van der Waals surface area contributed by atoms with Gasteiger partial charge >= 0.3 is 11.8 Å². The Labute approximate surface area is 211 Å². The summed E-state index contributed by atoms with van der Waals surface area (Å²) in [5, 5.41) is 45.4. The fourth-order valence-corrected chi connectivity index (χ4v) is 3.66.